The number of nitrogens with zero attached hydrogens (tertiary/aromatic N) is 1. The highest BCUT2D eigenvalue weighted by Crippen LogP contribution is 2.10. The maximum Gasteiger partial charge on any atom is 0.326 e. The standard InChI is InChI=1S/C21H38N8O8/c1-3-10(2)16(20(36)37)29-18(34)12(5-4-8-26-21(24)25)27-19(35)13(9-15(31)32)28-17(33)11(22)6-7-14(23)30/h10-13,16H,3-9,22H2,1-2H3,(H2,23,30)(H,27,35)(H,28,33)(H,29,34)(H,31,32)(H,36,37)(H4,24,25,26). The smallest absolute Gasteiger partial charge is 0.326 e. The van der Waals surface area contributed by atoms with Crippen molar-refractivity contribution in [3.63, 3.8) is 0 Å². The van der Waals surface area contributed by atoms with E-state index in [0.717, 1.165) is 0 Å². The minimum absolute atomic E-state index is 0.0347. The number of aliphatic carboxylic acids is 2. The van der Waals surface area contributed by atoms with E-state index in [0.29, 0.717) is 6.42 Å². The fraction of sp³-hybridized carbons (Fsp3) is 0.667. The molecule has 0 saturated carbocycles. The average Bonchev–Trinajstić information content (AvgIpc) is 2.80. The van der Waals surface area contributed by atoms with Crippen LogP contribution in [0.3, 0.4) is 0 Å². The number of guanidine groups is 1. The lowest BCUT2D eigenvalue weighted by atomic mass is 9.98. The molecule has 0 spiro atoms. The van der Waals surface area contributed by atoms with Crippen molar-refractivity contribution < 1.29 is 39.0 Å². The van der Waals surface area contributed by atoms with E-state index in [2.05, 4.69) is 20.9 Å². The van der Waals surface area contributed by atoms with Crippen molar-refractivity contribution in [2.75, 3.05) is 6.54 Å². The van der Waals surface area contributed by atoms with Gasteiger partial charge in [0.25, 0.3) is 0 Å². The quantitative estimate of drug-likeness (QED) is 0.0480. The third kappa shape index (κ3) is 13.6. The molecule has 16 heteroatoms. The van der Waals surface area contributed by atoms with Gasteiger partial charge in [0.2, 0.25) is 23.6 Å². The molecule has 210 valence electrons. The Morgan fingerprint density at radius 2 is 1.43 bits per heavy atom. The van der Waals surface area contributed by atoms with Gasteiger partial charge in [0.05, 0.1) is 12.5 Å². The summed E-state index contributed by atoms with van der Waals surface area (Å²) in [6, 6.07) is -5.42. The molecule has 5 unspecified atom stereocenters. The van der Waals surface area contributed by atoms with Crippen molar-refractivity contribution in [2.24, 2.45) is 33.8 Å². The number of rotatable bonds is 18. The Bertz CT molecular complexity index is 861. The summed E-state index contributed by atoms with van der Waals surface area (Å²) >= 11 is 0. The van der Waals surface area contributed by atoms with Gasteiger partial charge >= 0.3 is 11.9 Å². The average molecular weight is 531 g/mol. The number of carbonyl (C=O) groups is 6. The number of hydrogen-bond donors (Lipinski definition) is 9. The first-order valence-corrected chi connectivity index (χ1v) is 11.6. The Labute approximate surface area is 214 Å². The molecule has 0 rings (SSSR count). The highest BCUT2D eigenvalue weighted by molar-refractivity contribution is 5.95. The Balaban J connectivity index is 5.68. The number of nitrogens with two attached hydrogens (primary N) is 4. The molecular formula is C21H38N8O8. The maximum absolute atomic E-state index is 12.9. The van der Waals surface area contributed by atoms with Crippen LogP contribution in [0.1, 0.15) is 52.4 Å². The third-order valence-corrected chi connectivity index (χ3v) is 5.41. The lowest BCUT2D eigenvalue weighted by Crippen LogP contribution is -2.58. The number of nitrogens with one attached hydrogen (secondary N) is 3. The number of hydrogen-bond acceptors (Lipinski definition) is 8. The third-order valence-electron chi connectivity index (χ3n) is 5.41. The summed E-state index contributed by atoms with van der Waals surface area (Å²) in [5.74, 6) is -6.77. The summed E-state index contributed by atoms with van der Waals surface area (Å²) in [6.45, 7) is 3.47. The zero-order valence-corrected chi connectivity index (χ0v) is 20.9. The number of amides is 4. The molecule has 0 saturated heterocycles. The predicted molar refractivity (Wildman–Crippen MR) is 131 cm³/mol. The van der Waals surface area contributed by atoms with Gasteiger partial charge in [-0.25, -0.2) is 4.79 Å². The van der Waals surface area contributed by atoms with E-state index in [1.165, 1.54) is 0 Å². The largest absolute Gasteiger partial charge is 0.481 e. The van der Waals surface area contributed by atoms with Crippen molar-refractivity contribution in [1.29, 1.82) is 0 Å². The summed E-state index contributed by atoms with van der Waals surface area (Å²) in [5.41, 5.74) is 21.2. The molecule has 0 aromatic rings. The Morgan fingerprint density at radius 3 is 1.92 bits per heavy atom. The van der Waals surface area contributed by atoms with E-state index < -0.39 is 72.1 Å². The number of carboxylic acids is 2. The van der Waals surface area contributed by atoms with E-state index in [1.54, 1.807) is 13.8 Å². The van der Waals surface area contributed by atoms with Crippen LogP contribution in [0.25, 0.3) is 0 Å². The van der Waals surface area contributed by atoms with Crippen molar-refractivity contribution in [3.8, 4) is 0 Å². The number of carboxylic acid groups (broad SMARTS) is 2. The van der Waals surface area contributed by atoms with Gasteiger partial charge in [-0.05, 0) is 25.2 Å². The summed E-state index contributed by atoms with van der Waals surface area (Å²) in [5, 5.41) is 25.6. The minimum atomic E-state index is -1.62. The molecule has 16 nitrogen and oxygen atoms in total. The first kappa shape index (κ1) is 33.0. The molecule has 0 heterocycles. The molecular weight excluding hydrogens is 492 g/mol. The summed E-state index contributed by atoms with van der Waals surface area (Å²) in [7, 11) is 0. The molecule has 4 amide bonds. The van der Waals surface area contributed by atoms with Gasteiger partial charge in [0, 0.05) is 13.0 Å². The second-order valence-corrected chi connectivity index (χ2v) is 8.49. The Kier molecular flexibility index (Phi) is 14.9. The lowest BCUT2D eigenvalue weighted by molar-refractivity contribution is -0.144. The van der Waals surface area contributed by atoms with Gasteiger partial charge in [-0.3, -0.25) is 29.0 Å². The molecule has 13 N–H and O–H groups in total. The fourth-order valence-corrected chi connectivity index (χ4v) is 3.07. The van der Waals surface area contributed by atoms with Gasteiger partial charge < -0.3 is 49.1 Å². The summed E-state index contributed by atoms with van der Waals surface area (Å²) in [4.78, 5) is 75.8. The molecule has 0 radical (unpaired) electrons. The van der Waals surface area contributed by atoms with E-state index in [9.17, 15) is 39.0 Å². The number of aliphatic imine (C=N–C) groups is 1. The van der Waals surface area contributed by atoms with E-state index in [1.807, 2.05) is 0 Å². The van der Waals surface area contributed by atoms with Crippen LogP contribution in [0, 0.1) is 5.92 Å². The lowest BCUT2D eigenvalue weighted by Gasteiger charge is -2.26. The minimum Gasteiger partial charge on any atom is -0.481 e. The molecule has 0 aromatic heterocycles. The van der Waals surface area contributed by atoms with Crippen LogP contribution in [0.2, 0.25) is 0 Å². The highest BCUT2D eigenvalue weighted by atomic mass is 16.4. The highest BCUT2D eigenvalue weighted by Gasteiger charge is 2.32. The maximum atomic E-state index is 12.9. The molecule has 0 bridgehead atoms. The topological polar surface area (TPSA) is 295 Å². The van der Waals surface area contributed by atoms with Crippen molar-refractivity contribution in [1.82, 2.24) is 16.0 Å². The number of carbonyl (C=O) groups excluding carboxylic acids is 4. The van der Waals surface area contributed by atoms with Crippen LogP contribution < -0.4 is 38.9 Å². The van der Waals surface area contributed by atoms with E-state index in [4.69, 9.17) is 22.9 Å². The van der Waals surface area contributed by atoms with Gasteiger partial charge in [-0.2, -0.15) is 0 Å². The van der Waals surface area contributed by atoms with Gasteiger partial charge in [0.15, 0.2) is 5.96 Å². The molecule has 5 atom stereocenters. The summed E-state index contributed by atoms with van der Waals surface area (Å²) < 4.78 is 0. The molecule has 0 aliphatic carbocycles. The van der Waals surface area contributed by atoms with Gasteiger partial charge in [-0.15, -0.1) is 0 Å². The second-order valence-electron chi connectivity index (χ2n) is 8.49. The van der Waals surface area contributed by atoms with Crippen molar-refractivity contribution in [2.45, 2.75) is 76.5 Å². The number of primary amides is 1. The van der Waals surface area contributed by atoms with Gasteiger partial charge in [0.1, 0.15) is 18.1 Å². The normalized spacial score (nSPS) is 14.7. The van der Waals surface area contributed by atoms with Crippen LogP contribution >= 0.6 is 0 Å². The predicted octanol–water partition coefficient (Wildman–Crippen LogP) is -3.31. The van der Waals surface area contributed by atoms with Crippen LogP contribution in [-0.2, 0) is 28.8 Å². The Hall–Kier alpha value is -3.95. The van der Waals surface area contributed by atoms with Crippen LogP contribution in [0.15, 0.2) is 4.99 Å². The van der Waals surface area contributed by atoms with Gasteiger partial charge in [-0.1, -0.05) is 20.3 Å². The SMILES string of the molecule is CCC(C)C(NC(=O)C(CCCN=C(N)N)NC(=O)C(CC(=O)O)NC(=O)C(N)CCC(N)=O)C(=O)O. The van der Waals surface area contributed by atoms with Crippen LogP contribution in [0.5, 0.6) is 0 Å². The van der Waals surface area contributed by atoms with Crippen molar-refractivity contribution in [3.05, 3.63) is 0 Å². The van der Waals surface area contributed by atoms with E-state index >= 15 is 0 Å². The first-order chi connectivity index (χ1) is 17.2. The molecule has 0 aromatic carbocycles. The van der Waals surface area contributed by atoms with Crippen molar-refractivity contribution >= 4 is 41.5 Å². The second kappa shape index (κ2) is 16.7. The first-order valence-electron chi connectivity index (χ1n) is 11.6. The fourth-order valence-electron chi connectivity index (χ4n) is 3.07. The zero-order valence-electron chi connectivity index (χ0n) is 20.9. The molecule has 37 heavy (non-hydrogen) atoms. The Morgan fingerprint density at radius 1 is 0.865 bits per heavy atom. The van der Waals surface area contributed by atoms with Crippen LogP contribution in [-0.4, -0.2) is 82.5 Å². The molecule has 0 fully saturated rings. The van der Waals surface area contributed by atoms with Crippen LogP contribution in [0.4, 0.5) is 0 Å². The molecule has 0 aliphatic rings. The molecule has 0 aliphatic heterocycles. The monoisotopic (exact) mass is 530 g/mol. The zero-order chi connectivity index (χ0) is 28.7. The summed E-state index contributed by atoms with van der Waals surface area (Å²) in [6.07, 6.45) is -0.569. The van der Waals surface area contributed by atoms with E-state index in [-0.39, 0.29) is 38.2 Å².